The van der Waals surface area contributed by atoms with Gasteiger partial charge in [0.15, 0.2) is 11.0 Å². The number of fused-ring (bicyclic) bond motifs is 1. The molecule has 0 radical (unpaired) electrons. The zero-order valence-corrected chi connectivity index (χ0v) is 15.7. The number of para-hydroxylation sites is 2. The number of unbranched alkanes of at least 4 members (excludes halogenated alkanes) is 1. The zero-order chi connectivity index (χ0) is 19.2. The van der Waals surface area contributed by atoms with Gasteiger partial charge < -0.3 is 17.3 Å². The van der Waals surface area contributed by atoms with E-state index in [0.29, 0.717) is 6.04 Å². The van der Waals surface area contributed by atoms with Crippen molar-refractivity contribution in [3.8, 4) is 0 Å². The van der Waals surface area contributed by atoms with Gasteiger partial charge in [-0.15, -0.1) is 0 Å². The first-order chi connectivity index (χ1) is 12.3. The summed E-state index contributed by atoms with van der Waals surface area (Å²) in [7, 11) is -6.00. The van der Waals surface area contributed by atoms with Crippen molar-refractivity contribution in [3.63, 3.8) is 0 Å². The summed E-state index contributed by atoms with van der Waals surface area (Å²) in [5, 5.41) is 0. The van der Waals surface area contributed by atoms with Crippen molar-refractivity contribution in [2.75, 3.05) is 0 Å². The van der Waals surface area contributed by atoms with Gasteiger partial charge in [-0.2, -0.15) is 0 Å². The average Bonchev–Trinajstić information content (AvgIpc) is 2.97. The molecule has 1 atom stereocenters. The molecular formula is C19H29BF4N2. The number of hydrogen-bond donors (Lipinski definition) is 0. The van der Waals surface area contributed by atoms with Crippen LogP contribution in [-0.2, 0) is 6.54 Å². The number of aryl methyl sites for hydroxylation is 1. The topological polar surface area (TPSA) is 8.81 Å². The van der Waals surface area contributed by atoms with E-state index in [9.17, 15) is 17.3 Å². The van der Waals surface area contributed by atoms with Crippen molar-refractivity contribution in [1.82, 2.24) is 4.57 Å². The molecule has 1 aliphatic carbocycles. The van der Waals surface area contributed by atoms with Crippen molar-refractivity contribution in [3.05, 3.63) is 30.6 Å². The van der Waals surface area contributed by atoms with Gasteiger partial charge >= 0.3 is 7.25 Å². The fourth-order valence-electron chi connectivity index (χ4n) is 3.87. The van der Waals surface area contributed by atoms with Crippen molar-refractivity contribution in [2.45, 2.75) is 71.4 Å². The number of imidazole rings is 1. The monoisotopic (exact) mass is 372 g/mol. The highest BCUT2D eigenvalue weighted by molar-refractivity contribution is 6.50. The van der Waals surface area contributed by atoms with Crippen LogP contribution in [0.3, 0.4) is 0 Å². The normalized spacial score (nSPS) is 17.0. The van der Waals surface area contributed by atoms with Gasteiger partial charge in [0.1, 0.15) is 6.04 Å². The van der Waals surface area contributed by atoms with Crippen molar-refractivity contribution >= 4 is 18.3 Å². The second-order valence-electron chi connectivity index (χ2n) is 7.19. The molecule has 1 saturated carbocycles. The summed E-state index contributed by atoms with van der Waals surface area (Å²) in [6, 6.07) is 9.53. The first-order valence-electron chi connectivity index (χ1n) is 9.67. The number of nitrogens with zero attached hydrogens (tertiary/aromatic N) is 2. The molecule has 7 heteroatoms. The van der Waals surface area contributed by atoms with Crippen LogP contribution in [0.15, 0.2) is 30.6 Å². The van der Waals surface area contributed by atoms with E-state index in [4.69, 9.17) is 0 Å². The highest BCUT2D eigenvalue weighted by Gasteiger charge is 2.27. The maximum atomic E-state index is 9.75. The number of hydrogen-bond acceptors (Lipinski definition) is 0. The zero-order valence-electron chi connectivity index (χ0n) is 15.7. The molecule has 3 rings (SSSR count). The quantitative estimate of drug-likeness (QED) is 0.337. The molecule has 1 aromatic heterocycles. The Bertz CT molecular complexity index is 672. The molecule has 1 aliphatic rings. The van der Waals surface area contributed by atoms with E-state index in [-0.39, 0.29) is 0 Å². The van der Waals surface area contributed by atoms with Gasteiger partial charge in [0.2, 0.25) is 6.33 Å². The van der Waals surface area contributed by atoms with Gasteiger partial charge in [0.05, 0.1) is 6.54 Å². The highest BCUT2D eigenvalue weighted by Crippen LogP contribution is 2.33. The molecule has 1 heterocycles. The summed E-state index contributed by atoms with van der Waals surface area (Å²) in [6.07, 6.45) is 12.0. The SMILES string of the molecule is CCCC[n+]1cn([C@@H](C)C2CCCCC2)c2ccccc21.F[B-](F)(F)F. The summed E-state index contributed by atoms with van der Waals surface area (Å²) in [5.74, 6) is 0.856. The van der Waals surface area contributed by atoms with Gasteiger partial charge in [-0.05, 0) is 44.2 Å². The smallest absolute Gasteiger partial charge is 0.418 e. The predicted molar refractivity (Wildman–Crippen MR) is 98.5 cm³/mol. The number of aromatic nitrogens is 2. The third-order valence-electron chi connectivity index (χ3n) is 5.26. The first kappa shape index (κ1) is 20.8. The number of rotatable bonds is 5. The van der Waals surface area contributed by atoms with Gasteiger partial charge in [0, 0.05) is 0 Å². The van der Waals surface area contributed by atoms with Crippen molar-refractivity contribution < 1.29 is 21.8 Å². The Balaban J connectivity index is 0.000000431. The number of benzene rings is 1. The van der Waals surface area contributed by atoms with Crippen LogP contribution in [0.4, 0.5) is 17.3 Å². The van der Waals surface area contributed by atoms with Crippen LogP contribution in [0.2, 0.25) is 0 Å². The standard InChI is InChI=1S/C19H29N2.BF4/c1-3-4-14-20-15-21(19-13-9-8-12-18(19)20)16(2)17-10-6-5-7-11-17;2-1(3,4)5/h8-9,12-13,15-17H,3-7,10-11,14H2,1-2H3;/q+1;-1/t16-;/m0./s1. The average molecular weight is 372 g/mol. The molecule has 2 aromatic rings. The molecule has 2 nitrogen and oxygen atoms in total. The summed E-state index contributed by atoms with van der Waals surface area (Å²) in [4.78, 5) is 0. The Morgan fingerprint density at radius 3 is 2.35 bits per heavy atom. The van der Waals surface area contributed by atoms with Gasteiger partial charge in [-0.1, -0.05) is 44.7 Å². The molecule has 0 saturated heterocycles. The molecule has 0 spiro atoms. The molecule has 26 heavy (non-hydrogen) atoms. The minimum atomic E-state index is -6.00. The summed E-state index contributed by atoms with van der Waals surface area (Å²) in [6.45, 7) is 5.83. The third kappa shape index (κ3) is 6.03. The lowest BCUT2D eigenvalue weighted by molar-refractivity contribution is -0.672. The van der Waals surface area contributed by atoms with E-state index in [0.717, 1.165) is 12.5 Å². The van der Waals surface area contributed by atoms with Crippen LogP contribution in [-0.4, -0.2) is 11.8 Å². The Labute approximate surface area is 153 Å². The van der Waals surface area contributed by atoms with Gasteiger partial charge in [-0.25, -0.2) is 9.13 Å². The van der Waals surface area contributed by atoms with Crippen molar-refractivity contribution in [1.29, 1.82) is 0 Å². The molecule has 0 amide bonds. The summed E-state index contributed by atoms with van der Waals surface area (Å²) in [5.41, 5.74) is 2.81. The van der Waals surface area contributed by atoms with E-state index < -0.39 is 7.25 Å². The Morgan fingerprint density at radius 1 is 1.12 bits per heavy atom. The predicted octanol–water partition coefficient (Wildman–Crippen LogP) is 6.17. The highest BCUT2D eigenvalue weighted by atomic mass is 19.5. The van der Waals surface area contributed by atoms with Crippen molar-refractivity contribution in [2.24, 2.45) is 5.92 Å². The first-order valence-corrected chi connectivity index (χ1v) is 9.67. The summed E-state index contributed by atoms with van der Waals surface area (Å²) >= 11 is 0. The summed E-state index contributed by atoms with van der Waals surface area (Å²) < 4.78 is 44.0. The second-order valence-corrected chi connectivity index (χ2v) is 7.19. The molecule has 0 unspecified atom stereocenters. The van der Waals surface area contributed by atoms with Gasteiger partial charge in [0.25, 0.3) is 0 Å². The van der Waals surface area contributed by atoms with E-state index in [2.05, 4.69) is 53.6 Å². The molecule has 0 N–H and O–H groups in total. The third-order valence-corrected chi connectivity index (χ3v) is 5.26. The lowest BCUT2D eigenvalue weighted by Gasteiger charge is -2.25. The van der Waals surface area contributed by atoms with Crippen LogP contribution >= 0.6 is 0 Å². The second kappa shape index (κ2) is 9.42. The fourth-order valence-corrected chi connectivity index (χ4v) is 3.87. The Morgan fingerprint density at radius 2 is 1.73 bits per heavy atom. The van der Waals surface area contributed by atoms with E-state index >= 15 is 0 Å². The van der Waals surface area contributed by atoms with Gasteiger partial charge in [-0.3, -0.25) is 0 Å². The van der Waals surface area contributed by atoms with Crippen LogP contribution in [0.1, 0.15) is 64.8 Å². The maximum absolute atomic E-state index is 9.75. The maximum Gasteiger partial charge on any atom is 0.673 e. The Kier molecular flexibility index (Phi) is 7.53. The number of halogens is 4. The lowest BCUT2D eigenvalue weighted by atomic mass is 9.84. The molecule has 1 aromatic carbocycles. The minimum Gasteiger partial charge on any atom is -0.418 e. The van der Waals surface area contributed by atoms with Crippen LogP contribution in [0.5, 0.6) is 0 Å². The van der Waals surface area contributed by atoms with Crippen LogP contribution in [0.25, 0.3) is 11.0 Å². The molecule has 146 valence electrons. The van der Waals surface area contributed by atoms with E-state index in [1.54, 1.807) is 0 Å². The molecular weight excluding hydrogens is 343 g/mol. The van der Waals surface area contributed by atoms with E-state index in [1.165, 1.54) is 56.0 Å². The Hall–Kier alpha value is -1.53. The lowest BCUT2D eigenvalue weighted by Crippen LogP contribution is -2.32. The largest absolute Gasteiger partial charge is 0.673 e. The van der Waals surface area contributed by atoms with E-state index in [1.807, 2.05) is 0 Å². The fraction of sp³-hybridized carbons (Fsp3) is 0.632. The van der Waals surface area contributed by atoms with Crippen LogP contribution < -0.4 is 4.57 Å². The molecule has 0 aliphatic heterocycles. The molecule has 1 fully saturated rings. The van der Waals surface area contributed by atoms with Crippen LogP contribution in [0, 0.1) is 5.92 Å². The minimum absolute atomic E-state index is 0.623. The molecule has 0 bridgehead atoms.